The summed E-state index contributed by atoms with van der Waals surface area (Å²) in [5.74, 6) is -0.0241. The van der Waals surface area contributed by atoms with Gasteiger partial charge in [0.05, 0.1) is 29.0 Å². The minimum atomic E-state index is -4.69. The number of benzene rings is 3. The van der Waals surface area contributed by atoms with Gasteiger partial charge in [0.1, 0.15) is 0 Å². The van der Waals surface area contributed by atoms with Crippen LogP contribution in [-0.4, -0.2) is 65.7 Å². The van der Waals surface area contributed by atoms with Crippen molar-refractivity contribution in [2.24, 2.45) is 0 Å². The van der Waals surface area contributed by atoms with Crippen molar-refractivity contribution in [1.82, 2.24) is 14.8 Å². The fraction of sp³-hybridized carbons (Fsp3) is 0.294. The van der Waals surface area contributed by atoms with E-state index < -0.39 is 17.8 Å². The quantitative estimate of drug-likeness (QED) is 0.190. The zero-order valence-corrected chi connectivity index (χ0v) is 25.8. The standard InChI is InChI=1S/C34H34F3N7O2/c1-4-31(45)43-13-11-42(12-14-43)30-10-7-24(17-27(30)34(35,36)37)44-32-23(19-41(3)33(44)46)18-40-29-9-6-22(16-26(29)32)21-5-8-28(39)25(15-21)20(2)38/h5-10,15-18,38H,4,11-14,19,39H2,1-3H3. The lowest BCUT2D eigenvalue weighted by molar-refractivity contribution is -0.137. The molecule has 0 bridgehead atoms. The first-order chi connectivity index (χ1) is 21.9. The lowest BCUT2D eigenvalue weighted by atomic mass is 9.97. The van der Waals surface area contributed by atoms with Gasteiger partial charge in [-0.2, -0.15) is 13.2 Å². The lowest BCUT2D eigenvalue weighted by Crippen LogP contribution is -2.49. The highest BCUT2D eigenvalue weighted by Gasteiger charge is 2.38. The smallest absolute Gasteiger partial charge is 0.398 e. The number of aromatic nitrogens is 1. The zero-order chi connectivity index (χ0) is 32.9. The number of nitrogen functional groups attached to an aromatic ring is 1. The molecule has 2 aliphatic rings. The molecular formula is C34H34F3N7O2. The molecule has 0 saturated carbocycles. The maximum absolute atomic E-state index is 14.7. The van der Waals surface area contributed by atoms with Gasteiger partial charge in [0, 0.05) is 79.4 Å². The number of alkyl halides is 3. The molecule has 2 aliphatic heterocycles. The average Bonchev–Trinajstić information content (AvgIpc) is 3.04. The Bertz CT molecular complexity index is 1880. The Labute approximate surface area is 264 Å². The molecule has 1 fully saturated rings. The van der Waals surface area contributed by atoms with E-state index in [4.69, 9.17) is 11.1 Å². The van der Waals surface area contributed by atoms with Crippen LogP contribution >= 0.6 is 0 Å². The van der Waals surface area contributed by atoms with Crippen LogP contribution in [0.3, 0.4) is 0 Å². The molecule has 3 aromatic carbocycles. The number of piperazine rings is 1. The molecule has 3 N–H and O–H groups in total. The first-order valence-corrected chi connectivity index (χ1v) is 15.0. The van der Waals surface area contributed by atoms with Crippen molar-refractivity contribution in [2.45, 2.75) is 33.0 Å². The predicted molar refractivity (Wildman–Crippen MR) is 174 cm³/mol. The molecular weight excluding hydrogens is 595 g/mol. The highest BCUT2D eigenvalue weighted by molar-refractivity contribution is 6.10. The molecule has 12 heteroatoms. The summed E-state index contributed by atoms with van der Waals surface area (Å²) >= 11 is 0. The van der Waals surface area contributed by atoms with E-state index in [1.54, 1.807) is 49.0 Å². The van der Waals surface area contributed by atoms with Crippen molar-refractivity contribution in [2.75, 3.05) is 48.8 Å². The number of carbonyl (C=O) groups is 2. The van der Waals surface area contributed by atoms with Crippen LogP contribution in [-0.2, 0) is 17.5 Å². The van der Waals surface area contributed by atoms with Crippen molar-refractivity contribution in [3.63, 3.8) is 0 Å². The van der Waals surface area contributed by atoms with Crippen LogP contribution in [0.5, 0.6) is 0 Å². The average molecular weight is 630 g/mol. The van der Waals surface area contributed by atoms with Gasteiger partial charge in [-0.1, -0.05) is 19.1 Å². The van der Waals surface area contributed by atoms with Crippen molar-refractivity contribution in [3.8, 4) is 11.1 Å². The Morgan fingerprint density at radius 3 is 2.37 bits per heavy atom. The fourth-order valence-corrected chi connectivity index (χ4v) is 6.26. The number of hydrogen-bond acceptors (Lipinski definition) is 6. The number of amides is 3. The normalized spacial score (nSPS) is 15.4. The molecule has 0 unspecified atom stereocenters. The minimum Gasteiger partial charge on any atom is -0.398 e. The number of pyridine rings is 1. The number of nitrogens with one attached hydrogen (secondary N) is 1. The molecule has 3 amide bonds. The second-order valence-corrected chi connectivity index (χ2v) is 11.7. The second kappa shape index (κ2) is 11.7. The second-order valence-electron chi connectivity index (χ2n) is 11.7. The molecule has 3 heterocycles. The Balaban J connectivity index is 1.47. The third-order valence-corrected chi connectivity index (χ3v) is 8.67. The Kier molecular flexibility index (Phi) is 7.83. The minimum absolute atomic E-state index is 0.0143. The number of nitrogens with zero attached hydrogens (tertiary/aromatic N) is 5. The van der Waals surface area contributed by atoms with E-state index in [9.17, 15) is 22.8 Å². The summed E-state index contributed by atoms with van der Waals surface area (Å²) in [5.41, 5.74) is 10.1. The third-order valence-electron chi connectivity index (χ3n) is 8.67. The number of rotatable bonds is 5. The van der Waals surface area contributed by atoms with Gasteiger partial charge >= 0.3 is 12.2 Å². The molecule has 0 aliphatic carbocycles. The SMILES string of the molecule is CCC(=O)N1CCN(c2ccc(N3C(=O)N(C)Cc4cnc5ccc(-c6ccc(N)c(C(C)=N)c6)cc5c43)cc2C(F)(F)F)CC1. The van der Waals surface area contributed by atoms with Crippen LogP contribution in [0.25, 0.3) is 22.0 Å². The van der Waals surface area contributed by atoms with E-state index in [1.165, 1.54) is 15.9 Å². The maximum atomic E-state index is 14.7. The molecule has 238 valence electrons. The van der Waals surface area contributed by atoms with Crippen molar-refractivity contribution < 1.29 is 22.8 Å². The van der Waals surface area contributed by atoms with Gasteiger partial charge in [0.25, 0.3) is 0 Å². The Hall–Kier alpha value is -5.13. The Morgan fingerprint density at radius 1 is 1.00 bits per heavy atom. The molecule has 0 radical (unpaired) electrons. The first kappa shape index (κ1) is 30.9. The van der Waals surface area contributed by atoms with Gasteiger partial charge in [-0.15, -0.1) is 0 Å². The number of nitrogens with two attached hydrogens (primary N) is 1. The summed E-state index contributed by atoms with van der Waals surface area (Å²) < 4.78 is 44.0. The third kappa shape index (κ3) is 5.48. The number of fused-ring (bicyclic) bond motifs is 3. The predicted octanol–water partition coefficient (Wildman–Crippen LogP) is 6.65. The topological polar surface area (TPSA) is 110 Å². The van der Waals surface area contributed by atoms with Gasteiger partial charge < -0.3 is 25.8 Å². The highest BCUT2D eigenvalue weighted by Crippen LogP contribution is 2.44. The fourth-order valence-electron chi connectivity index (χ4n) is 6.26. The number of halogens is 3. The van der Waals surface area contributed by atoms with E-state index >= 15 is 0 Å². The molecule has 9 nitrogen and oxygen atoms in total. The first-order valence-electron chi connectivity index (χ1n) is 15.0. The van der Waals surface area contributed by atoms with E-state index in [0.29, 0.717) is 58.6 Å². The Morgan fingerprint density at radius 2 is 1.70 bits per heavy atom. The summed E-state index contributed by atoms with van der Waals surface area (Å²) in [6.07, 6.45) is -2.69. The van der Waals surface area contributed by atoms with Crippen LogP contribution < -0.4 is 15.5 Å². The number of urea groups is 1. The zero-order valence-electron chi connectivity index (χ0n) is 25.8. The van der Waals surface area contributed by atoms with Crippen molar-refractivity contribution >= 4 is 51.3 Å². The van der Waals surface area contributed by atoms with Crippen LogP contribution in [0.15, 0.2) is 60.8 Å². The van der Waals surface area contributed by atoms with Gasteiger partial charge in [-0.05, 0) is 60.5 Å². The highest BCUT2D eigenvalue weighted by atomic mass is 19.4. The van der Waals surface area contributed by atoms with E-state index in [-0.39, 0.29) is 36.9 Å². The summed E-state index contributed by atoms with van der Waals surface area (Å²) in [5, 5.41) is 8.70. The van der Waals surface area contributed by atoms with E-state index in [0.717, 1.165) is 17.2 Å². The van der Waals surface area contributed by atoms with Crippen LogP contribution in [0, 0.1) is 5.41 Å². The van der Waals surface area contributed by atoms with Crippen molar-refractivity contribution in [1.29, 1.82) is 5.41 Å². The van der Waals surface area contributed by atoms with Gasteiger partial charge in [-0.3, -0.25) is 14.7 Å². The summed E-state index contributed by atoms with van der Waals surface area (Å²) in [4.78, 5) is 36.6. The molecule has 46 heavy (non-hydrogen) atoms. The maximum Gasteiger partial charge on any atom is 0.418 e. The van der Waals surface area contributed by atoms with Crippen LogP contribution in [0.2, 0.25) is 0 Å². The summed E-state index contributed by atoms with van der Waals surface area (Å²) in [7, 11) is 1.60. The summed E-state index contributed by atoms with van der Waals surface area (Å²) in [6.45, 7) is 4.87. The molecule has 6 rings (SSSR count). The number of anilines is 4. The molecule has 0 spiro atoms. The largest absolute Gasteiger partial charge is 0.418 e. The van der Waals surface area contributed by atoms with E-state index in [1.807, 2.05) is 30.3 Å². The van der Waals surface area contributed by atoms with Crippen LogP contribution in [0.4, 0.5) is 40.7 Å². The van der Waals surface area contributed by atoms with Crippen LogP contribution in [0.1, 0.15) is 37.0 Å². The number of carbonyl (C=O) groups excluding carboxylic acids is 2. The lowest BCUT2D eigenvalue weighted by Gasteiger charge is -2.38. The molecule has 0 atom stereocenters. The van der Waals surface area contributed by atoms with Gasteiger partial charge in [0.2, 0.25) is 5.91 Å². The number of hydrogen-bond donors (Lipinski definition) is 2. The molecule has 1 saturated heterocycles. The van der Waals surface area contributed by atoms with Gasteiger partial charge in [0.15, 0.2) is 0 Å². The van der Waals surface area contributed by atoms with E-state index in [2.05, 4.69) is 4.98 Å². The monoisotopic (exact) mass is 629 g/mol. The molecule has 1 aromatic heterocycles. The van der Waals surface area contributed by atoms with Crippen molar-refractivity contribution in [3.05, 3.63) is 77.5 Å². The summed E-state index contributed by atoms with van der Waals surface area (Å²) in [6, 6.07) is 14.5. The van der Waals surface area contributed by atoms with Gasteiger partial charge in [-0.25, -0.2) is 4.79 Å². The molecule has 4 aromatic rings.